The van der Waals surface area contributed by atoms with Crippen LogP contribution in [0.25, 0.3) is 0 Å². The van der Waals surface area contributed by atoms with Crippen LogP contribution in [0, 0.1) is 18.7 Å². The number of hydrogen-bond donors (Lipinski definition) is 1. The summed E-state index contributed by atoms with van der Waals surface area (Å²) in [6.45, 7) is 7.00. The molecule has 214 valence electrons. The van der Waals surface area contributed by atoms with Gasteiger partial charge in [0, 0.05) is 13.1 Å². The van der Waals surface area contributed by atoms with Crippen molar-refractivity contribution in [3.05, 3.63) is 93.7 Å². The molecule has 0 radical (unpaired) electrons. The lowest BCUT2D eigenvalue weighted by atomic mass is 10.1. The molecule has 11 heteroatoms. The molecule has 0 bridgehead atoms. The second-order valence-corrected chi connectivity index (χ2v) is 12.6. The molecule has 1 atom stereocenters. The predicted octanol–water partition coefficient (Wildman–Crippen LogP) is 5.83. The zero-order valence-corrected chi connectivity index (χ0v) is 25.0. The quantitative estimate of drug-likeness (QED) is 0.297. The van der Waals surface area contributed by atoms with Crippen molar-refractivity contribution in [2.75, 3.05) is 17.4 Å². The molecular weight excluding hydrogens is 576 g/mol. The molecule has 2 amide bonds. The van der Waals surface area contributed by atoms with Gasteiger partial charge in [-0.1, -0.05) is 66.9 Å². The lowest BCUT2D eigenvalue weighted by Gasteiger charge is -2.32. The van der Waals surface area contributed by atoms with E-state index in [4.69, 9.17) is 23.2 Å². The van der Waals surface area contributed by atoms with Crippen molar-refractivity contribution in [2.45, 2.75) is 45.2 Å². The maximum Gasteiger partial charge on any atom is 0.264 e. The summed E-state index contributed by atoms with van der Waals surface area (Å²) in [5.41, 5.74) is 1.56. The van der Waals surface area contributed by atoms with Crippen molar-refractivity contribution in [3.63, 3.8) is 0 Å². The van der Waals surface area contributed by atoms with Crippen molar-refractivity contribution >= 4 is 50.7 Å². The van der Waals surface area contributed by atoms with Crippen molar-refractivity contribution in [1.82, 2.24) is 10.2 Å². The lowest BCUT2D eigenvalue weighted by molar-refractivity contribution is -0.139. The monoisotopic (exact) mass is 607 g/mol. The normalized spacial score (nSPS) is 12.2. The van der Waals surface area contributed by atoms with Gasteiger partial charge in [0.15, 0.2) is 0 Å². The van der Waals surface area contributed by atoms with Crippen LogP contribution in [0.1, 0.15) is 31.9 Å². The van der Waals surface area contributed by atoms with Gasteiger partial charge in [0.25, 0.3) is 10.0 Å². The molecule has 0 aliphatic heterocycles. The second-order valence-electron chi connectivity index (χ2n) is 9.89. The predicted molar refractivity (Wildman–Crippen MR) is 156 cm³/mol. The Labute approximate surface area is 244 Å². The summed E-state index contributed by atoms with van der Waals surface area (Å²) in [4.78, 5) is 28.1. The van der Waals surface area contributed by atoms with Gasteiger partial charge < -0.3 is 10.2 Å². The molecule has 3 aromatic carbocycles. The summed E-state index contributed by atoms with van der Waals surface area (Å²) < 4.78 is 42.2. The van der Waals surface area contributed by atoms with Gasteiger partial charge in [-0.2, -0.15) is 0 Å². The number of halogens is 3. The molecular formula is C29H32Cl2FN3O4S. The fourth-order valence-electron chi connectivity index (χ4n) is 3.83. The number of aryl methyl sites for hydroxylation is 1. The molecule has 0 aromatic heterocycles. The van der Waals surface area contributed by atoms with E-state index in [9.17, 15) is 22.4 Å². The summed E-state index contributed by atoms with van der Waals surface area (Å²) in [6.07, 6.45) is 0. The van der Waals surface area contributed by atoms with Gasteiger partial charge in [-0.3, -0.25) is 13.9 Å². The van der Waals surface area contributed by atoms with E-state index in [1.807, 2.05) is 20.8 Å². The third kappa shape index (κ3) is 7.96. The van der Waals surface area contributed by atoms with Gasteiger partial charge in [0.05, 0.1) is 20.6 Å². The Morgan fingerprint density at radius 2 is 1.55 bits per heavy atom. The van der Waals surface area contributed by atoms with Crippen LogP contribution in [0.15, 0.2) is 71.6 Å². The van der Waals surface area contributed by atoms with Crippen LogP contribution in [0.4, 0.5) is 10.1 Å². The number of rotatable bonds is 11. The number of carbonyl (C=O) groups excluding carboxylic acids is 2. The van der Waals surface area contributed by atoms with E-state index in [2.05, 4.69) is 5.32 Å². The number of benzene rings is 3. The van der Waals surface area contributed by atoms with Crippen molar-refractivity contribution in [2.24, 2.45) is 5.92 Å². The van der Waals surface area contributed by atoms with E-state index < -0.39 is 40.2 Å². The molecule has 1 N–H and O–H groups in total. The Hall–Kier alpha value is -3.14. The summed E-state index contributed by atoms with van der Waals surface area (Å²) >= 11 is 12.3. The number of sulfonamides is 1. The van der Waals surface area contributed by atoms with Gasteiger partial charge in [-0.25, -0.2) is 12.8 Å². The van der Waals surface area contributed by atoms with Crippen LogP contribution in [-0.4, -0.2) is 44.3 Å². The van der Waals surface area contributed by atoms with E-state index >= 15 is 0 Å². The SMILES string of the molecule is Cc1ccc(S(=O)(=O)N(CC(=O)N(Cc2ccc(F)cc2)C(C)C(=O)NCC(C)C)c2ccc(Cl)c(Cl)c2)cc1. The van der Waals surface area contributed by atoms with Crippen LogP contribution in [0.3, 0.4) is 0 Å². The summed E-state index contributed by atoms with van der Waals surface area (Å²) in [5.74, 6) is -1.30. The van der Waals surface area contributed by atoms with Gasteiger partial charge in [-0.15, -0.1) is 0 Å². The second kappa shape index (κ2) is 13.5. The van der Waals surface area contributed by atoms with Crippen molar-refractivity contribution in [3.8, 4) is 0 Å². The smallest absolute Gasteiger partial charge is 0.264 e. The Balaban J connectivity index is 2.03. The molecule has 0 fully saturated rings. The van der Waals surface area contributed by atoms with Gasteiger partial charge in [-0.05, 0) is 67.8 Å². The Morgan fingerprint density at radius 3 is 2.12 bits per heavy atom. The fourth-order valence-corrected chi connectivity index (χ4v) is 5.53. The first-order valence-electron chi connectivity index (χ1n) is 12.7. The molecule has 0 saturated heterocycles. The Bertz CT molecular complexity index is 1450. The van der Waals surface area contributed by atoms with E-state index in [1.54, 1.807) is 19.1 Å². The first-order chi connectivity index (χ1) is 18.8. The average molecular weight is 609 g/mol. The molecule has 0 spiro atoms. The van der Waals surface area contributed by atoms with E-state index in [-0.39, 0.29) is 33.1 Å². The van der Waals surface area contributed by atoms with Crippen LogP contribution in [0.2, 0.25) is 10.0 Å². The molecule has 0 aliphatic rings. The highest BCUT2D eigenvalue weighted by Gasteiger charge is 2.32. The number of nitrogens with zero attached hydrogens (tertiary/aromatic N) is 2. The average Bonchev–Trinajstić information content (AvgIpc) is 2.91. The molecule has 3 rings (SSSR count). The van der Waals surface area contributed by atoms with E-state index in [0.717, 1.165) is 9.87 Å². The maximum atomic E-state index is 13.9. The third-order valence-electron chi connectivity index (χ3n) is 6.20. The first-order valence-corrected chi connectivity index (χ1v) is 14.8. The third-order valence-corrected chi connectivity index (χ3v) is 8.72. The highest BCUT2D eigenvalue weighted by molar-refractivity contribution is 7.92. The topological polar surface area (TPSA) is 86.8 Å². The molecule has 40 heavy (non-hydrogen) atoms. The minimum atomic E-state index is -4.24. The van der Waals surface area contributed by atoms with Crippen molar-refractivity contribution < 1.29 is 22.4 Å². The summed E-state index contributed by atoms with van der Waals surface area (Å²) in [7, 11) is -4.24. The standard InChI is InChI=1S/C29H32Cl2FN3O4S/c1-19(2)16-33-29(37)21(4)34(17-22-7-9-23(32)10-8-22)28(36)18-35(24-11-14-26(30)27(31)15-24)40(38,39)25-12-5-20(3)6-13-25/h5-15,19,21H,16-18H2,1-4H3,(H,33,37). The summed E-state index contributed by atoms with van der Waals surface area (Å²) in [5, 5.41) is 3.15. The van der Waals surface area contributed by atoms with Crippen LogP contribution in [-0.2, 0) is 26.2 Å². The van der Waals surface area contributed by atoms with Crippen LogP contribution in [0.5, 0.6) is 0 Å². The zero-order chi connectivity index (χ0) is 29.6. The largest absolute Gasteiger partial charge is 0.354 e. The number of carbonyl (C=O) groups is 2. The fraction of sp³-hybridized carbons (Fsp3) is 0.310. The highest BCUT2D eigenvalue weighted by atomic mass is 35.5. The number of hydrogen-bond acceptors (Lipinski definition) is 4. The molecule has 7 nitrogen and oxygen atoms in total. The maximum absolute atomic E-state index is 13.9. The minimum Gasteiger partial charge on any atom is -0.354 e. The Kier molecular flexibility index (Phi) is 10.6. The molecule has 0 heterocycles. The molecule has 1 unspecified atom stereocenters. The van der Waals surface area contributed by atoms with Crippen molar-refractivity contribution in [1.29, 1.82) is 0 Å². The van der Waals surface area contributed by atoms with Gasteiger partial charge >= 0.3 is 0 Å². The first kappa shape index (κ1) is 31.4. The molecule has 3 aromatic rings. The number of nitrogens with one attached hydrogen (secondary N) is 1. The van der Waals surface area contributed by atoms with E-state index in [1.165, 1.54) is 59.5 Å². The number of amides is 2. The number of anilines is 1. The minimum absolute atomic E-state index is 0.0234. The van der Waals surface area contributed by atoms with Gasteiger partial charge in [0.2, 0.25) is 11.8 Å². The van der Waals surface area contributed by atoms with Crippen LogP contribution >= 0.6 is 23.2 Å². The molecule has 0 aliphatic carbocycles. The lowest BCUT2D eigenvalue weighted by Crippen LogP contribution is -2.51. The Morgan fingerprint density at radius 1 is 0.925 bits per heavy atom. The molecule has 0 saturated carbocycles. The van der Waals surface area contributed by atoms with E-state index in [0.29, 0.717) is 12.1 Å². The van der Waals surface area contributed by atoms with Gasteiger partial charge in [0.1, 0.15) is 18.4 Å². The summed E-state index contributed by atoms with van der Waals surface area (Å²) in [6, 6.07) is 15.1. The highest BCUT2D eigenvalue weighted by Crippen LogP contribution is 2.31. The zero-order valence-electron chi connectivity index (χ0n) is 22.7. The van der Waals surface area contributed by atoms with Crippen LogP contribution < -0.4 is 9.62 Å².